The summed E-state index contributed by atoms with van der Waals surface area (Å²) in [6, 6.07) is 11.1. The van der Waals surface area contributed by atoms with Gasteiger partial charge in [-0.25, -0.2) is 0 Å². The Bertz CT molecular complexity index is 294. The SMILES string of the molecule is CC1(C)C(N)CC1c1ccccc1.Cl. The molecule has 0 saturated heterocycles. The van der Waals surface area contributed by atoms with Gasteiger partial charge >= 0.3 is 0 Å². The molecule has 0 heterocycles. The van der Waals surface area contributed by atoms with Gasteiger partial charge in [-0.3, -0.25) is 0 Å². The zero-order valence-electron chi connectivity index (χ0n) is 8.73. The Labute approximate surface area is 92.1 Å². The molecule has 78 valence electrons. The molecule has 0 radical (unpaired) electrons. The Morgan fingerprint density at radius 3 is 2.21 bits per heavy atom. The van der Waals surface area contributed by atoms with Gasteiger partial charge in [0.05, 0.1) is 0 Å². The zero-order valence-corrected chi connectivity index (χ0v) is 9.55. The van der Waals surface area contributed by atoms with Crippen molar-refractivity contribution in [2.24, 2.45) is 11.1 Å². The first kappa shape index (κ1) is 11.5. The van der Waals surface area contributed by atoms with E-state index >= 15 is 0 Å². The zero-order chi connectivity index (χ0) is 9.47. The molecule has 0 bridgehead atoms. The second-order valence-electron chi connectivity index (χ2n) is 4.63. The molecule has 1 aromatic carbocycles. The van der Waals surface area contributed by atoms with Crippen LogP contribution in [-0.4, -0.2) is 6.04 Å². The van der Waals surface area contributed by atoms with Crippen molar-refractivity contribution in [2.75, 3.05) is 0 Å². The lowest BCUT2D eigenvalue weighted by Gasteiger charge is -2.50. The Morgan fingerprint density at radius 2 is 1.79 bits per heavy atom. The van der Waals surface area contributed by atoms with Gasteiger partial charge in [0.1, 0.15) is 0 Å². The predicted molar refractivity (Wildman–Crippen MR) is 62.8 cm³/mol. The lowest BCUT2D eigenvalue weighted by molar-refractivity contribution is 0.0984. The molecule has 2 N–H and O–H groups in total. The van der Waals surface area contributed by atoms with Crippen LogP contribution in [0.2, 0.25) is 0 Å². The normalized spacial score (nSPS) is 28.8. The number of hydrogen-bond acceptors (Lipinski definition) is 1. The third kappa shape index (κ3) is 1.67. The maximum atomic E-state index is 5.98. The van der Waals surface area contributed by atoms with E-state index in [9.17, 15) is 0 Å². The third-order valence-electron chi connectivity index (χ3n) is 3.55. The summed E-state index contributed by atoms with van der Waals surface area (Å²) in [5, 5.41) is 0. The molecular weight excluding hydrogens is 194 g/mol. The summed E-state index contributed by atoms with van der Waals surface area (Å²) in [4.78, 5) is 0. The van der Waals surface area contributed by atoms with Gasteiger partial charge in [0.15, 0.2) is 0 Å². The molecule has 0 aromatic heterocycles. The molecule has 1 fully saturated rings. The average Bonchev–Trinajstić information content (AvgIpc) is 2.15. The summed E-state index contributed by atoms with van der Waals surface area (Å²) in [6.07, 6.45) is 1.14. The van der Waals surface area contributed by atoms with Gasteiger partial charge < -0.3 is 5.73 Å². The van der Waals surface area contributed by atoms with Gasteiger partial charge in [-0.1, -0.05) is 44.2 Å². The number of hydrogen-bond donors (Lipinski definition) is 1. The van der Waals surface area contributed by atoms with E-state index in [1.807, 2.05) is 0 Å². The molecule has 1 saturated carbocycles. The largest absolute Gasteiger partial charge is 0.327 e. The van der Waals surface area contributed by atoms with E-state index in [-0.39, 0.29) is 17.8 Å². The lowest BCUT2D eigenvalue weighted by Crippen LogP contribution is -2.52. The fourth-order valence-corrected chi connectivity index (χ4v) is 2.21. The van der Waals surface area contributed by atoms with Crippen LogP contribution in [0.25, 0.3) is 0 Å². The van der Waals surface area contributed by atoms with E-state index in [1.54, 1.807) is 0 Å². The predicted octanol–water partition coefficient (Wildman–Crippen LogP) is 2.95. The standard InChI is InChI=1S/C12H17N.ClH/c1-12(2)10(8-11(12)13)9-6-4-3-5-7-9;/h3-7,10-11H,8,13H2,1-2H3;1H. The minimum absolute atomic E-state index is 0. The summed E-state index contributed by atoms with van der Waals surface area (Å²) in [7, 11) is 0. The van der Waals surface area contributed by atoms with Crippen LogP contribution in [0.15, 0.2) is 30.3 Å². The van der Waals surface area contributed by atoms with Gasteiger partial charge in [0.25, 0.3) is 0 Å². The first-order chi connectivity index (χ1) is 6.12. The second kappa shape index (κ2) is 3.92. The minimum Gasteiger partial charge on any atom is -0.327 e. The fraction of sp³-hybridized carbons (Fsp3) is 0.500. The molecule has 2 atom stereocenters. The van der Waals surface area contributed by atoms with E-state index in [0.717, 1.165) is 6.42 Å². The summed E-state index contributed by atoms with van der Waals surface area (Å²) < 4.78 is 0. The van der Waals surface area contributed by atoms with E-state index in [1.165, 1.54) is 5.56 Å². The molecule has 2 heteroatoms. The van der Waals surface area contributed by atoms with Gasteiger partial charge in [-0.05, 0) is 23.3 Å². The van der Waals surface area contributed by atoms with Crippen molar-refractivity contribution < 1.29 is 0 Å². The number of rotatable bonds is 1. The molecule has 0 amide bonds. The van der Waals surface area contributed by atoms with Crippen molar-refractivity contribution in [3.05, 3.63) is 35.9 Å². The smallest absolute Gasteiger partial charge is 0.0102 e. The molecule has 1 aromatic rings. The first-order valence-corrected chi connectivity index (χ1v) is 4.93. The first-order valence-electron chi connectivity index (χ1n) is 4.93. The van der Waals surface area contributed by atoms with Crippen LogP contribution in [0, 0.1) is 5.41 Å². The molecule has 2 unspecified atom stereocenters. The van der Waals surface area contributed by atoms with Crippen LogP contribution in [-0.2, 0) is 0 Å². The molecule has 14 heavy (non-hydrogen) atoms. The van der Waals surface area contributed by atoms with Crippen LogP contribution in [0.5, 0.6) is 0 Å². The number of benzene rings is 1. The van der Waals surface area contributed by atoms with Gasteiger partial charge in [0, 0.05) is 6.04 Å². The summed E-state index contributed by atoms with van der Waals surface area (Å²) in [6.45, 7) is 4.53. The molecular formula is C12H18ClN. The van der Waals surface area contributed by atoms with Crippen LogP contribution < -0.4 is 5.73 Å². The van der Waals surface area contributed by atoms with Gasteiger partial charge in [-0.2, -0.15) is 0 Å². The maximum absolute atomic E-state index is 5.98. The highest BCUT2D eigenvalue weighted by molar-refractivity contribution is 5.85. The van der Waals surface area contributed by atoms with E-state index < -0.39 is 0 Å². The average molecular weight is 212 g/mol. The van der Waals surface area contributed by atoms with E-state index in [4.69, 9.17) is 5.73 Å². The van der Waals surface area contributed by atoms with Gasteiger partial charge in [0.2, 0.25) is 0 Å². The second-order valence-corrected chi connectivity index (χ2v) is 4.63. The van der Waals surface area contributed by atoms with Crippen LogP contribution in [0.4, 0.5) is 0 Å². The Balaban J connectivity index is 0.000000980. The van der Waals surface area contributed by atoms with Crippen LogP contribution in [0.1, 0.15) is 31.7 Å². The monoisotopic (exact) mass is 211 g/mol. The van der Waals surface area contributed by atoms with Crippen LogP contribution in [0.3, 0.4) is 0 Å². The highest BCUT2D eigenvalue weighted by Gasteiger charge is 2.46. The molecule has 1 aliphatic rings. The Hall–Kier alpha value is -0.530. The summed E-state index contributed by atoms with van der Waals surface area (Å²) >= 11 is 0. The van der Waals surface area contributed by atoms with Crippen molar-refractivity contribution in [3.63, 3.8) is 0 Å². The minimum atomic E-state index is 0. The highest BCUT2D eigenvalue weighted by atomic mass is 35.5. The third-order valence-corrected chi connectivity index (χ3v) is 3.55. The Kier molecular flexibility index (Phi) is 3.23. The number of halogens is 1. The van der Waals surface area contributed by atoms with E-state index in [0.29, 0.717) is 12.0 Å². The highest BCUT2D eigenvalue weighted by Crippen LogP contribution is 2.51. The lowest BCUT2D eigenvalue weighted by atomic mass is 9.57. The summed E-state index contributed by atoms with van der Waals surface area (Å²) in [5.41, 5.74) is 7.70. The topological polar surface area (TPSA) is 26.0 Å². The van der Waals surface area contributed by atoms with Crippen LogP contribution >= 0.6 is 12.4 Å². The Morgan fingerprint density at radius 1 is 1.21 bits per heavy atom. The van der Waals surface area contributed by atoms with Crippen molar-refractivity contribution in [2.45, 2.75) is 32.2 Å². The van der Waals surface area contributed by atoms with Crippen molar-refractivity contribution in [3.8, 4) is 0 Å². The molecule has 0 aliphatic heterocycles. The maximum Gasteiger partial charge on any atom is 0.0102 e. The van der Waals surface area contributed by atoms with Crippen molar-refractivity contribution >= 4 is 12.4 Å². The molecule has 1 aliphatic carbocycles. The van der Waals surface area contributed by atoms with Gasteiger partial charge in [-0.15, -0.1) is 12.4 Å². The number of nitrogens with two attached hydrogens (primary N) is 1. The van der Waals surface area contributed by atoms with E-state index in [2.05, 4.69) is 44.2 Å². The van der Waals surface area contributed by atoms with Crippen molar-refractivity contribution in [1.29, 1.82) is 0 Å². The quantitative estimate of drug-likeness (QED) is 0.760. The molecule has 2 rings (SSSR count). The summed E-state index contributed by atoms with van der Waals surface area (Å²) in [5.74, 6) is 0.656. The molecule has 1 nitrogen and oxygen atoms in total. The fourth-order valence-electron chi connectivity index (χ4n) is 2.21. The van der Waals surface area contributed by atoms with Crippen molar-refractivity contribution in [1.82, 2.24) is 0 Å². The molecule has 0 spiro atoms.